The summed E-state index contributed by atoms with van der Waals surface area (Å²) in [6.07, 6.45) is 2.32. The van der Waals surface area contributed by atoms with Crippen LogP contribution in [0.3, 0.4) is 0 Å². The van der Waals surface area contributed by atoms with Crippen molar-refractivity contribution in [3.8, 4) is 17.4 Å². The smallest absolute Gasteiger partial charge is 0.234 e. The van der Waals surface area contributed by atoms with Crippen LogP contribution >= 0.6 is 0 Å². The number of hydrogen-bond acceptors (Lipinski definition) is 8. The van der Waals surface area contributed by atoms with Crippen LogP contribution in [0.2, 0.25) is 0 Å². The molecule has 8 heteroatoms. The molecule has 2 aromatic rings. The van der Waals surface area contributed by atoms with Crippen LogP contribution in [0.15, 0.2) is 16.9 Å². The number of methoxy groups -OCH3 is 1. The van der Waals surface area contributed by atoms with Gasteiger partial charge in [0.15, 0.2) is 0 Å². The van der Waals surface area contributed by atoms with Crippen LogP contribution in [0, 0.1) is 0 Å². The molecule has 2 aromatic heterocycles. The van der Waals surface area contributed by atoms with E-state index < -0.39 is 0 Å². The quantitative estimate of drug-likeness (QED) is 0.876. The highest BCUT2D eigenvalue weighted by Crippen LogP contribution is 2.26. The van der Waals surface area contributed by atoms with Crippen molar-refractivity contribution in [3.63, 3.8) is 0 Å². The molecule has 0 aromatic carbocycles. The molecule has 0 radical (unpaired) electrons. The molecule has 8 nitrogen and oxygen atoms in total. The highest BCUT2D eigenvalue weighted by molar-refractivity contribution is 5.49. The van der Waals surface area contributed by atoms with E-state index in [-0.39, 0.29) is 12.0 Å². The van der Waals surface area contributed by atoms with Gasteiger partial charge in [-0.15, -0.1) is 0 Å². The van der Waals surface area contributed by atoms with Gasteiger partial charge in [-0.1, -0.05) is 5.16 Å². The molecule has 112 valence electrons. The van der Waals surface area contributed by atoms with Gasteiger partial charge in [-0.05, 0) is 13.5 Å². The highest BCUT2D eigenvalue weighted by atomic mass is 16.5. The summed E-state index contributed by atoms with van der Waals surface area (Å²) < 4.78 is 16.0. The van der Waals surface area contributed by atoms with Crippen LogP contribution in [-0.2, 0) is 4.74 Å². The van der Waals surface area contributed by atoms with Crippen molar-refractivity contribution in [3.05, 3.63) is 18.3 Å². The summed E-state index contributed by atoms with van der Waals surface area (Å²) in [6.45, 7) is 1.31. The van der Waals surface area contributed by atoms with E-state index in [0.717, 1.165) is 13.0 Å². The highest BCUT2D eigenvalue weighted by Gasteiger charge is 2.31. The van der Waals surface area contributed by atoms with Crippen LogP contribution in [0.5, 0.6) is 5.88 Å². The fraction of sp³-hybridized carbons (Fsp3) is 0.538. The molecular weight excluding hydrogens is 274 g/mol. The first-order chi connectivity index (χ1) is 10.3. The van der Waals surface area contributed by atoms with Crippen LogP contribution in [0.1, 0.15) is 18.2 Å². The Kier molecular flexibility index (Phi) is 4.07. The number of rotatable bonds is 4. The first kappa shape index (κ1) is 13.9. The van der Waals surface area contributed by atoms with Gasteiger partial charge in [0, 0.05) is 18.7 Å². The minimum absolute atomic E-state index is 0.0498. The van der Waals surface area contributed by atoms with Crippen LogP contribution in [0.25, 0.3) is 11.5 Å². The third-order valence-corrected chi connectivity index (χ3v) is 3.57. The summed E-state index contributed by atoms with van der Waals surface area (Å²) in [6, 6.07) is 1.94. The number of nitrogens with zero attached hydrogens (tertiary/aromatic N) is 4. The molecule has 1 N–H and O–H groups in total. The largest absolute Gasteiger partial charge is 0.481 e. The zero-order valence-electron chi connectivity index (χ0n) is 11.9. The molecule has 21 heavy (non-hydrogen) atoms. The predicted molar refractivity (Wildman–Crippen MR) is 72.9 cm³/mol. The van der Waals surface area contributed by atoms with E-state index >= 15 is 0 Å². The van der Waals surface area contributed by atoms with E-state index in [4.69, 9.17) is 14.0 Å². The first-order valence-corrected chi connectivity index (χ1v) is 6.77. The standard InChI is InChI=1S/C13H17N5O3/c1-14-9-3-4-20-6-8(9)13-17-12(18-21-13)10-5-11(19-2)16-7-15-10/h5,7-9,14H,3-4,6H2,1-2H3. The molecule has 0 amide bonds. The Balaban J connectivity index is 1.85. The zero-order valence-corrected chi connectivity index (χ0v) is 11.9. The van der Waals surface area contributed by atoms with Gasteiger partial charge in [-0.25, -0.2) is 9.97 Å². The number of likely N-dealkylation sites (N-methyl/N-ethyl adjacent to an activating group) is 1. The second-order valence-electron chi connectivity index (χ2n) is 4.77. The number of hydrogen-bond donors (Lipinski definition) is 1. The third-order valence-electron chi connectivity index (χ3n) is 3.57. The Hall–Kier alpha value is -2.06. The van der Waals surface area contributed by atoms with Gasteiger partial charge in [0.2, 0.25) is 17.6 Å². The summed E-state index contributed by atoms with van der Waals surface area (Å²) in [4.78, 5) is 12.5. The Morgan fingerprint density at radius 3 is 3.10 bits per heavy atom. The Labute approximate surface area is 121 Å². The molecular formula is C13H17N5O3. The van der Waals surface area contributed by atoms with Crippen LogP contribution < -0.4 is 10.1 Å². The summed E-state index contributed by atoms with van der Waals surface area (Å²) in [7, 11) is 3.47. The maximum Gasteiger partial charge on any atom is 0.234 e. The minimum atomic E-state index is 0.0498. The molecule has 2 atom stereocenters. The van der Waals surface area contributed by atoms with E-state index in [1.807, 2.05) is 7.05 Å². The van der Waals surface area contributed by atoms with E-state index in [2.05, 4.69) is 25.4 Å². The van der Waals surface area contributed by atoms with E-state index in [1.165, 1.54) is 6.33 Å². The van der Waals surface area contributed by atoms with Crippen LogP contribution in [0.4, 0.5) is 0 Å². The van der Waals surface area contributed by atoms with E-state index in [9.17, 15) is 0 Å². The number of aromatic nitrogens is 4. The molecule has 1 saturated heterocycles. The van der Waals surface area contributed by atoms with Crippen molar-refractivity contribution < 1.29 is 14.0 Å². The molecule has 2 unspecified atom stereocenters. The average Bonchev–Trinajstić information content (AvgIpc) is 3.04. The van der Waals surface area contributed by atoms with Crippen molar-refractivity contribution in [1.29, 1.82) is 0 Å². The molecule has 0 saturated carbocycles. The summed E-state index contributed by atoms with van der Waals surface area (Å²) in [5.74, 6) is 1.49. The topological polar surface area (TPSA) is 95.2 Å². The van der Waals surface area contributed by atoms with Crippen molar-refractivity contribution in [2.24, 2.45) is 0 Å². The lowest BCUT2D eigenvalue weighted by Crippen LogP contribution is -2.39. The molecule has 3 heterocycles. The van der Waals surface area contributed by atoms with Gasteiger partial charge in [0.25, 0.3) is 0 Å². The monoisotopic (exact) mass is 291 g/mol. The lowest BCUT2D eigenvalue weighted by molar-refractivity contribution is 0.0516. The molecule has 1 aliphatic rings. The number of ether oxygens (including phenoxy) is 2. The molecule has 1 fully saturated rings. The fourth-order valence-electron chi connectivity index (χ4n) is 2.39. The summed E-state index contributed by atoms with van der Waals surface area (Å²) >= 11 is 0. The van der Waals surface area contributed by atoms with Gasteiger partial charge in [-0.2, -0.15) is 4.98 Å². The van der Waals surface area contributed by atoms with Gasteiger partial charge in [-0.3, -0.25) is 0 Å². The number of nitrogens with one attached hydrogen (secondary N) is 1. The Morgan fingerprint density at radius 1 is 1.38 bits per heavy atom. The van der Waals surface area contributed by atoms with Gasteiger partial charge >= 0.3 is 0 Å². The molecule has 3 rings (SSSR count). The predicted octanol–water partition coefficient (Wildman–Crippen LogP) is 0.627. The molecule has 0 aliphatic carbocycles. The summed E-state index contributed by atoms with van der Waals surface area (Å²) in [5.41, 5.74) is 0.564. The summed E-state index contributed by atoms with van der Waals surface area (Å²) in [5, 5.41) is 7.26. The lowest BCUT2D eigenvalue weighted by atomic mass is 9.96. The molecule has 0 spiro atoms. The van der Waals surface area contributed by atoms with Crippen molar-refractivity contribution in [2.45, 2.75) is 18.4 Å². The second kappa shape index (κ2) is 6.15. The fourth-order valence-corrected chi connectivity index (χ4v) is 2.39. The zero-order chi connectivity index (χ0) is 14.7. The van der Waals surface area contributed by atoms with E-state index in [0.29, 0.717) is 29.9 Å². The second-order valence-corrected chi connectivity index (χ2v) is 4.77. The van der Waals surface area contributed by atoms with E-state index in [1.54, 1.807) is 13.2 Å². The van der Waals surface area contributed by atoms with Gasteiger partial charge < -0.3 is 19.3 Å². The minimum Gasteiger partial charge on any atom is -0.481 e. The Bertz CT molecular complexity index is 603. The maximum absolute atomic E-state index is 5.51. The normalized spacial score (nSPS) is 22.2. The SMILES string of the molecule is CNC1CCOCC1c1nc(-c2cc(OC)ncn2)no1. The first-order valence-electron chi connectivity index (χ1n) is 6.77. The van der Waals surface area contributed by atoms with Gasteiger partial charge in [0.1, 0.15) is 12.0 Å². The lowest BCUT2D eigenvalue weighted by Gasteiger charge is -2.28. The Morgan fingerprint density at radius 2 is 2.29 bits per heavy atom. The molecule has 0 bridgehead atoms. The van der Waals surface area contributed by atoms with Crippen molar-refractivity contribution in [1.82, 2.24) is 25.4 Å². The molecule has 1 aliphatic heterocycles. The van der Waals surface area contributed by atoms with Gasteiger partial charge in [0.05, 0.1) is 19.6 Å². The van der Waals surface area contributed by atoms with Crippen molar-refractivity contribution >= 4 is 0 Å². The van der Waals surface area contributed by atoms with Crippen molar-refractivity contribution in [2.75, 3.05) is 27.4 Å². The van der Waals surface area contributed by atoms with Crippen LogP contribution in [-0.4, -0.2) is 53.5 Å². The third kappa shape index (κ3) is 2.86. The average molecular weight is 291 g/mol. The maximum atomic E-state index is 5.51.